The normalized spacial score (nSPS) is 17.7. The van der Waals surface area contributed by atoms with Crippen molar-refractivity contribution in [1.82, 2.24) is 15.3 Å². The summed E-state index contributed by atoms with van der Waals surface area (Å²) in [6.07, 6.45) is 3.37. The van der Waals surface area contributed by atoms with E-state index in [1.165, 1.54) is 25.0 Å². The predicted octanol–water partition coefficient (Wildman–Crippen LogP) is 3.57. The summed E-state index contributed by atoms with van der Waals surface area (Å²) in [6.45, 7) is 7.23. The molecule has 1 aliphatic rings. The second-order valence-electron chi connectivity index (χ2n) is 6.41. The molecule has 3 rings (SSSR count). The van der Waals surface area contributed by atoms with Gasteiger partial charge in [0.25, 0.3) is 0 Å². The number of anilines is 1. The first-order valence-corrected chi connectivity index (χ1v) is 8.75. The van der Waals surface area contributed by atoms with Gasteiger partial charge in [0.2, 0.25) is 0 Å². The highest BCUT2D eigenvalue weighted by molar-refractivity contribution is 5.59. The number of nitrogens with zero attached hydrogens (tertiary/aromatic N) is 2. The number of rotatable bonds is 5. The van der Waals surface area contributed by atoms with Crippen LogP contribution in [0.2, 0.25) is 0 Å². The zero-order chi connectivity index (χ0) is 16.9. The van der Waals surface area contributed by atoms with Gasteiger partial charge in [0.05, 0.1) is 0 Å². The van der Waals surface area contributed by atoms with Gasteiger partial charge in [-0.1, -0.05) is 6.92 Å². The fraction of sp³-hybridized carbons (Fsp3) is 0.474. The highest BCUT2D eigenvalue weighted by atomic mass is 19.1. The topological polar surface area (TPSA) is 49.8 Å². The van der Waals surface area contributed by atoms with Crippen LogP contribution in [0.4, 0.5) is 10.2 Å². The molecule has 2 N–H and O–H groups in total. The Morgan fingerprint density at radius 2 is 2.04 bits per heavy atom. The number of piperidine rings is 1. The van der Waals surface area contributed by atoms with Crippen molar-refractivity contribution in [3.05, 3.63) is 41.3 Å². The standard InChI is InChI=1S/C19H25FN4/c1-3-17-13(2)23-18(15-6-8-16(20)9-7-15)24-19(17)22-12-14-5-4-10-21-11-14/h6-9,14,21H,3-5,10-12H2,1-2H3,(H,22,23,24). The molecule has 0 bridgehead atoms. The molecule has 1 aromatic carbocycles. The molecule has 2 heterocycles. The van der Waals surface area contributed by atoms with E-state index in [0.29, 0.717) is 11.7 Å². The van der Waals surface area contributed by atoms with Gasteiger partial charge in [-0.2, -0.15) is 0 Å². The summed E-state index contributed by atoms with van der Waals surface area (Å²) in [7, 11) is 0. The van der Waals surface area contributed by atoms with E-state index >= 15 is 0 Å². The maximum absolute atomic E-state index is 13.1. The molecule has 0 amide bonds. The Kier molecular flexibility index (Phi) is 5.41. The van der Waals surface area contributed by atoms with Gasteiger partial charge in [-0.15, -0.1) is 0 Å². The zero-order valence-electron chi connectivity index (χ0n) is 14.4. The van der Waals surface area contributed by atoms with E-state index in [4.69, 9.17) is 4.98 Å². The number of aryl methyl sites for hydroxylation is 1. The molecule has 0 saturated carbocycles. The van der Waals surface area contributed by atoms with Crippen LogP contribution in [-0.2, 0) is 6.42 Å². The largest absolute Gasteiger partial charge is 0.369 e. The van der Waals surface area contributed by atoms with Gasteiger partial charge in [0, 0.05) is 23.4 Å². The minimum absolute atomic E-state index is 0.246. The average Bonchev–Trinajstić information content (AvgIpc) is 2.61. The van der Waals surface area contributed by atoms with Crippen LogP contribution < -0.4 is 10.6 Å². The minimum atomic E-state index is -0.246. The van der Waals surface area contributed by atoms with Crippen molar-refractivity contribution in [2.75, 3.05) is 25.0 Å². The van der Waals surface area contributed by atoms with E-state index in [1.54, 1.807) is 12.1 Å². The highest BCUT2D eigenvalue weighted by Gasteiger charge is 2.16. The third kappa shape index (κ3) is 3.90. The number of benzene rings is 1. The molecule has 1 fully saturated rings. The van der Waals surface area contributed by atoms with E-state index in [-0.39, 0.29) is 5.82 Å². The molecule has 4 nitrogen and oxygen atoms in total. The lowest BCUT2D eigenvalue weighted by Gasteiger charge is -2.24. The van der Waals surface area contributed by atoms with Crippen molar-refractivity contribution < 1.29 is 4.39 Å². The second-order valence-corrected chi connectivity index (χ2v) is 6.41. The van der Waals surface area contributed by atoms with Crippen LogP contribution in [0.25, 0.3) is 11.4 Å². The van der Waals surface area contributed by atoms with Crippen molar-refractivity contribution in [2.45, 2.75) is 33.1 Å². The summed E-state index contributed by atoms with van der Waals surface area (Å²) >= 11 is 0. The van der Waals surface area contributed by atoms with Gasteiger partial charge >= 0.3 is 0 Å². The van der Waals surface area contributed by atoms with Crippen molar-refractivity contribution in [1.29, 1.82) is 0 Å². The SMILES string of the molecule is CCc1c(C)nc(-c2ccc(F)cc2)nc1NCC1CCCNC1. The summed E-state index contributed by atoms with van der Waals surface area (Å²) in [6, 6.07) is 6.35. The number of nitrogens with one attached hydrogen (secondary N) is 2. The Morgan fingerprint density at radius 3 is 2.71 bits per heavy atom. The molecular weight excluding hydrogens is 303 g/mol. The van der Waals surface area contributed by atoms with E-state index < -0.39 is 0 Å². The maximum Gasteiger partial charge on any atom is 0.161 e. The first kappa shape index (κ1) is 16.8. The van der Waals surface area contributed by atoms with Crippen LogP contribution in [0.15, 0.2) is 24.3 Å². The predicted molar refractivity (Wildman–Crippen MR) is 95.6 cm³/mol. The summed E-state index contributed by atoms with van der Waals surface area (Å²) in [5.74, 6) is 1.95. The first-order valence-electron chi connectivity index (χ1n) is 8.75. The Balaban J connectivity index is 1.84. The van der Waals surface area contributed by atoms with Gasteiger partial charge < -0.3 is 10.6 Å². The Bertz CT molecular complexity index is 679. The lowest BCUT2D eigenvalue weighted by Crippen LogP contribution is -2.33. The van der Waals surface area contributed by atoms with Crippen molar-refractivity contribution in [3.8, 4) is 11.4 Å². The van der Waals surface area contributed by atoms with Gasteiger partial charge in [-0.05, 0) is 69.5 Å². The van der Waals surface area contributed by atoms with Gasteiger partial charge in [0.15, 0.2) is 5.82 Å². The fourth-order valence-electron chi connectivity index (χ4n) is 3.23. The van der Waals surface area contributed by atoms with Crippen molar-refractivity contribution >= 4 is 5.82 Å². The fourth-order valence-corrected chi connectivity index (χ4v) is 3.23. The van der Waals surface area contributed by atoms with E-state index in [1.807, 2.05) is 6.92 Å². The molecule has 5 heteroatoms. The van der Waals surface area contributed by atoms with E-state index in [9.17, 15) is 4.39 Å². The minimum Gasteiger partial charge on any atom is -0.369 e. The third-order valence-electron chi connectivity index (χ3n) is 4.63. The molecule has 2 aromatic rings. The Morgan fingerprint density at radius 1 is 1.25 bits per heavy atom. The molecule has 1 aromatic heterocycles. The molecule has 1 aliphatic heterocycles. The van der Waals surface area contributed by atoms with E-state index in [2.05, 4.69) is 22.5 Å². The van der Waals surface area contributed by atoms with Crippen LogP contribution in [0.1, 0.15) is 31.0 Å². The summed E-state index contributed by atoms with van der Waals surface area (Å²) in [5.41, 5.74) is 2.98. The van der Waals surface area contributed by atoms with Crippen LogP contribution in [0, 0.1) is 18.7 Å². The summed E-state index contributed by atoms with van der Waals surface area (Å²) in [5, 5.41) is 6.98. The molecule has 0 radical (unpaired) electrons. The van der Waals surface area contributed by atoms with Crippen LogP contribution in [0.5, 0.6) is 0 Å². The lowest BCUT2D eigenvalue weighted by molar-refractivity contribution is 0.392. The molecule has 1 saturated heterocycles. The van der Waals surface area contributed by atoms with Crippen LogP contribution in [-0.4, -0.2) is 29.6 Å². The summed E-state index contributed by atoms with van der Waals surface area (Å²) in [4.78, 5) is 9.34. The maximum atomic E-state index is 13.1. The monoisotopic (exact) mass is 328 g/mol. The molecular formula is C19H25FN4. The van der Waals surface area contributed by atoms with Crippen molar-refractivity contribution in [2.24, 2.45) is 5.92 Å². The third-order valence-corrected chi connectivity index (χ3v) is 4.63. The number of aromatic nitrogens is 2. The highest BCUT2D eigenvalue weighted by Crippen LogP contribution is 2.23. The van der Waals surface area contributed by atoms with Gasteiger partial charge in [0.1, 0.15) is 11.6 Å². The average molecular weight is 328 g/mol. The summed E-state index contributed by atoms with van der Waals surface area (Å²) < 4.78 is 13.1. The Labute approximate surface area is 142 Å². The lowest BCUT2D eigenvalue weighted by atomic mass is 9.99. The quantitative estimate of drug-likeness (QED) is 0.881. The van der Waals surface area contributed by atoms with Crippen LogP contribution in [0.3, 0.4) is 0 Å². The van der Waals surface area contributed by atoms with E-state index in [0.717, 1.165) is 48.7 Å². The van der Waals surface area contributed by atoms with Gasteiger partial charge in [-0.25, -0.2) is 14.4 Å². The first-order chi connectivity index (χ1) is 11.7. The van der Waals surface area contributed by atoms with Crippen molar-refractivity contribution in [3.63, 3.8) is 0 Å². The Hall–Kier alpha value is -2.01. The number of hydrogen-bond donors (Lipinski definition) is 2. The molecule has 1 unspecified atom stereocenters. The molecule has 0 spiro atoms. The molecule has 0 aliphatic carbocycles. The second kappa shape index (κ2) is 7.71. The van der Waals surface area contributed by atoms with Gasteiger partial charge in [-0.3, -0.25) is 0 Å². The molecule has 1 atom stereocenters. The number of halogens is 1. The van der Waals surface area contributed by atoms with Crippen LogP contribution >= 0.6 is 0 Å². The zero-order valence-corrected chi connectivity index (χ0v) is 14.4. The number of hydrogen-bond acceptors (Lipinski definition) is 4. The molecule has 128 valence electrons. The molecule has 24 heavy (non-hydrogen) atoms. The smallest absolute Gasteiger partial charge is 0.161 e.